The number of carbonyl (C=O) groups is 1. The van der Waals surface area contributed by atoms with Crippen LogP contribution in [0.1, 0.15) is 40.2 Å². The standard InChI is InChI=1S/C17H27ClN2O2/c1-13(2)20(16(21)22-17(3,4)5)10-9-19-12-14-7-6-8-15(18)11-14/h6-8,11,13,19H,9-10,12H2,1-5H3. The van der Waals surface area contributed by atoms with Gasteiger partial charge in [-0.2, -0.15) is 0 Å². The number of nitrogens with one attached hydrogen (secondary N) is 1. The summed E-state index contributed by atoms with van der Waals surface area (Å²) in [6, 6.07) is 7.84. The van der Waals surface area contributed by atoms with Crippen LogP contribution in [0.25, 0.3) is 0 Å². The fraction of sp³-hybridized carbons (Fsp3) is 0.588. The second kappa shape index (κ2) is 8.39. The number of hydrogen-bond acceptors (Lipinski definition) is 3. The molecule has 0 fully saturated rings. The number of hydrogen-bond donors (Lipinski definition) is 1. The van der Waals surface area contributed by atoms with Gasteiger partial charge >= 0.3 is 6.09 Å². The Bertz CT molecular complexity index is 484. The van der Waals surface area contributed by atoms with Gasteiger partial charge in [0.2, 0.25) is 0 Å². The van der Waals surface area contributed by atoms with Crippen molar-refractivity contribution in [2.24, 2.45) is 0 Å². The normalized spacial score (nSPS) is 11.6. The van der Waals surface area contributed by atoms with Gasteiger partial charge in [-0.15, -0.1) is 0 Å². The predicted octanol–water partition coefficient (Wildman–Crippen LogP) is 4.08. The monoisotopic (exact) mass is 326 g/mol. The molecule has 0 atom stereocenters. The zero-order valence-corrected chi connectivity index (χ0v) is 14.9. The maximum Gasteiger partial charge on any atom is 0.410 e. The van der Waals surface area contributed by atoms with Gasteiger partial charge in [-0.25, -0.2) is 4.79 Å². The molecule has 4 nitrogen and oxygen atoms in total. The van der Waals surface area contributed by atoms with Gasteiger partial charge in [0.15, 0.2) is 0 Å². The van der Waals surface area contributed by atoms with Crippen LogP contribution in [-0.4, -0.2) is 35.7 Å². The molecular formula is C17H27ClN2O2. The molecule has 0 saturated carbocycles. The second-order valence-corrected chi connectivity index (χ2v) is 7.01. The van der Waals surface area contributed by atoms with Crippen LogP contribution in [-0.2, 0) is 11.3 Å². The highest BCUT2D eigenvalue weighted by Crippen LogP contribution is 2.12. The molecule has 0 aliphatic heterocycles. The molecule has 0 aromatic heterocycles. The van der Waals surface area contributed by atoms with Crippen molar-refractivity contribution in [1.29, 1.82) is 0 Å². The van der Waals surface area contributed by atoms with Gasteiger partial charge in [0, 0.05) is 30.7 Å². The molecule has 1 aromatic rings. The summed E-state index contributed by atoms with van der Waals surface area (Å²) in [4.78, 5) is 13.9. The lowest BCUT2D eigenvalue weighted by atomic mass is 10.2. The van der Waals surface area contributed by atoms with E-state index in [1.165, 1.54) is 0 Å². The molecule has 1 rings (SSSR count). The van der Waals surface area contributed by atoms with E-state index in [9.17, 15) is 4.79 Å². The number of amides is 1. The van der Waals surface area contributed by atoms with Crippen molar-refractivity contribution in [1.82, 2.24) is 10.2 Å². The van der Waals surface area contributed by atoms with Crippen LogP contribution in [0.4, 0.5) is 4.79 Å². The lowest BCUT2D eigenvalue weighted by molar-refractivity contribution is 0.0193. The van der Waals surface area contributed by atoms with E-state index in [1.54, 1.807) is 4.90 Å². The Morgan fingerprint density at radius 3 is 2.59 bits per heavy atom. The molecule has 1 N–H and O–H groups in total. The molecular weight excluding hydrogens is 300 g/mol. The molecule has 5 heteroatoms. The van der Waals surface area contributed by atoms with Crippen molar-refractivity contribution in [3.63, 3.8) is 0 Å². The molecule has 0 radical (unpaired) electrons. The summed E-state index contributed by atoms with van der Waals surface area (Å²) >= 11 is 5.96. The topological polar surface area (TPSA) is 41.6 Å². The first-order valence-corrected chi connectivity index (χ1v) is 8.01. The Balaban J connectivity index is 2.43. The number of ether oxygens (including phenoxy) is 1. The summed E-state index contributed by atoms with van der Waals surface area (Å²) < 4.78 is 5.43. The molecule has 124 valence electrons. The van der Waals surface area contributed by atoms with Crippen LogP contribution in [0, 0.1) is 0 Å². The molecule has 0 unspecified atom stereocenters. The molecule has 0 spiro atoms. The Kier molecular flexibility index (Phi) is 7.17. The highest BCUT2D eigenvalue weighted by molar-refractivity contribution is 6.30. The lowest BCUT2D eigenvalue weighted by Crippen LogP contribution is -2.44. The third-order valence-electron chi connectivity index (χ3n) is 3.00. The first-order chi connectivity index (χ1) is 10.2. The number of carbonyl (C=O) groups excluding carboxylic acids is 1. The van der Waals surface area contributed by atoms with E-state index in [-0.39, 0.29) is 12.1 Å². The van der Waals surface area contributed by atoms with Gasteiger partial charge in [0.05, 0.1) is 0 Å². The Morgan fingerprint density at radius 2 is 2.05 bits per heavy atom. The SMILES string of the molecule is CC(C)N(CCNCc1cccc(Cl)c1)C(=O)OC(C)(C)C. The summed E-state index contributed by atoms with van der Waals surface area (Å²) in [5.41, 5.74) is 0.652. The minimum Gasteiger partial charge on any atom is -0.444 e. The predicted molar refractivity (Wildman–Crippen MR) is 91.2 cm³/mol. The molecule has 0 heterocycles. The average molecular weight is 327 g/mol. The van der Waals surface area contributed by atoms with Gasteiger partial charge in [-0.3, -0.25) is 0 Å². The van der Waals surface area contributed by atoms with Gasteiger partial charge in [-0.05, 0) is 52.3 Å². The molecule has 0 saturated heterocycles. The largest absolute Gasteiger partial charge is 0.444 e. The van der Waals surface area contributed by atoms with Gasteiger partial charge in [0.1, 0.15) is 5.60 Å². The maximum atomic E-state index is 12.2. The summed E-state index contributed by atoms with van der Waals surface area (Å²) in [7, 11) is 0. The summed E-state index contributed by atoms with van der Waals surface area (Å²) in [5, 5.41) is 4.06. The summed E-state index contributed by atoms with van der Waals surface area (Å²) in [6.07, 6.45) is -0.271. The van der Waals surface area contributed by atoms with E-state index in [2.05, 4.69) is 5.32 Å². The van der Waals surface area contributed by atoms with Gasteiger partial charge in [0.25, 0.3) is 0 Å². The fourth-order valence-corrected chi connectivity index (χ4v) is 2.17. The van der Waals surface area contributed by atoms with E-state index < -0.39 is 5.60 Å². The molecule has 1 aromatic carbocycles. The van der Waals surface area contributed by atoms with Crippen molar-refractivity contribution >= 4 is 17.7 Å². The lowest BCUT2D eigenvalue weighted by Gasteiger charge is -2.30. The van der Waals surface area contributed by atoms with Crippen molar-refractivity contribution in [2.45, 2.75) is 52.8 Å². The van der Waals surface area contributed by atoms with Crippen LogP contribution in [0.2, 0.25) is 5.02 Å². The highest BCUT2D eigenvalue weighted by Gasteiger charge is 2.23. The van der Waals surface area contributed by atoms with Crippen molar-refractivity contribution < 1.29 is 9.53 Å². The summed E-state index contributed by atoms with van der Waals surface area (Å²) in [5.74, 6) is 0. The van der Waals surface area contributed by atoms with Crippen molar-refractivity contribution in [3.05, 3.63) is 34.9 Å². The number of benzene rings is 1. The highest BCUT2D eigenvalue weighted by atomic mass is 35.5. The minimum absolute atomic E-state index is 0.0998. The Labute approximate surface area is 138 Å². The van der Waals surface area contributed by atoms with Crippen LogP contribution in [0.3, 0.4) is 0 Å². The Morgan fingerprint density at radius 1 is 1.36 bits per heavy atom. The number of halogens is 1. The van der Waals surface area contributed by atoms with Gasteiger partial charge in [-0.1, -0.05) is 23.7 Å². The molecule has 0 bridgehead atoms. The van der Waals surface area contributed by atoms with E-state index in [4.69, 9.17) is 16.3 Å². The second-order valence-electron chi connectivity index (χ2n) is 6.57. The van der Waals surface area contributed by atoms with E-state index in [1.807, 2.05) is 58.9 Å². The van der Waals surface area contributed by atoms with Crippen LogP contribution < -0.4 is 5.32 Å². The Hall–Kier alpha value is -1.26. The quantitative estimate of drug-likeness (QED) is 0.801. The molecule has 1 amide bonds. The van der Waals surface area contributed by atoms with E-state index in [0.29, 0.717) is 13.1 Å². The number of rotatable bonds is 6. The average Bonchev–Trinajstić information content (AvgIpc) is 2.35. The summed E-state index contributed by atoms with van der Waals surface area (Å²) in [6.45, 7) is 11.6. The fourth-order valence-electron chi connectivity index (χ4n) is 1.96. The molecule has 0 aliphatic rings. The smallest absolute Gasteiger partial charge is 0.410 e. The van der Waals surface area contributed by atoms with Gasteiger partial charge < -0.3 is 15.0 Å². The zero-order valence-electron chi connectivity index (χ0n) is 14.1. The zero-order chi connectivity index (χ0) is 16.8. The number of nitrogens with zero attached hydrogens (tertiary/aromatic N) is 1. The molecule has 0 aliphatic carbocycles. The van der Waals surface area contributed by atoms with Crippen LogP contribution in [0.15, 0.2) is 24.3 Å². The van der Waals surface area contributed by atoms with E-state index in [0.717, 1.165) is 17.1 Å². The van der Waals surface area contributed by atoms with E-state index >= 15 is 0 Å². The van der Waals surface area contributed by atoms with Crippen molar-refractivity contribution in [3.8, 4) is 0 Å². The first kappa shape index (κ1) is 18.8. The third-order valence-corrected chi connectivity index (χ3v) is 3.23. The third kappa shape index (κ3) is 7.14. The van der Waals surface area contributed by atoms with Crippen LogP contribution in [0.5, 0.6) is 0 Å². The van der Waals surface area contributed by atoms with Crippen LogP contribution >= 0.6 is 11.6 Å². The minimum atomic E-state index is -0.474. The first-order valence-electron chi connectivity index (χ1n) is 7.64. The van der Waals surface area contributed by atoms with Crippen molar-refractivity contribution in [2.75, 3.05) is 13.1 Å². The maximum absolute atomic E-state index is 12.2. The molecule has 22 heavy (non-hydrogen) atoms.